The maximum Gasteiger partial charge on any atom is 0.101 e. The first-order valence-corrected chi connectivity index (χ1v) is 10.2. The van der Waals surface area contributed by atoms with E-state index >= 15 is 0 Å². The summed E-state index contributed by atoms with van der Waals surface area (Å²) in [6, 6.07) is 18.8. The van der Waals surface area contributed by atoms with Crippen LogP contribution in [0.15, 0.2) is 54.7 Å². The topological polar surface area (TPSA) is 59.0 Å². The van der Waals surface area contributed by atoms with Crippen LogP contribution in [0.4, 0.5) is 5.69 Å². The van der Waals surface area contributed by atoms with Crippen LogP contribution in [0.5, 0.6) is 0 Å². The Hall–Kier alpha value is -2.81. The Balaban J connectivity index is 1.59. The summed E-state index contributed by atoms with van der Waals surface area (Å²) < 4.78 is 0. The second-order valence-electron chi connectivity index (χ2n) is 7.57. The Morgan fingerprint density at radius 2 is 2.14 bits per heavy atom. The lowest BCUT2D eigenvalue weighted by molar-refractivity contribution is 0.320. The largest absolute Gasteiger partial charge is 0.363 e. The van der Waals surface area contributed by atoms with Crippen LogP contribution in [0, 0.1) is 18.3 Å². The molecule has 0 saturated carbocycles. The van der Waals surface area contributed by atoms with Crippen molar-refractivity contribution in [1.29, 1.82) is 5.26 Å². The predicted molar refractivity (Wildman–Crippen MR) is 116 cm³/mol. The second-order valence-corrected chi connectivity index (χ2v) is 7.98. The molecule has 0 radical (unpaired) electrons. The van der Waals surface area contributed by atoms with E-state index in [0.29, 0.717) is 16.6 Å². The summed E-state index contributed by atoms with van der Waals surface area (Å²) in [6.07, 6.45) is 2.94. The molecular formula is C23H24ClN5. The van der Waals surface area contributed by atoms with Crippen LogP contribution >= 0.6 is 11.6 Å². The molecule has 0 unspecified atom stereocenters. The van der Waals surface area contributed by atoms with Gasteiger partial charge in [-0.1, -0.05) is 35.9 Å². The fourth-order valence-corrected chi connectivity index (χ4v) is 4.21. The molecule has 6 heteroatoms. The minimum atomic E-state index is 0.373. The molecule has 0 bridgehead atoms. The molecule has 148 valence electrons. The molecule has 2 heterocycles. The van der Waals surface area contributed by atoms with E-state index in [4.69, 9.17) is 11.6 Å². The van der Waals surface area contributed by atoms with Gasteiger partial charge < -0.3 is 4.90 Å². The predicted octanol–water partition coefficient (Wildman–Crippen LogP) is 4.52. The fraction of sp³-hybridized carbons (Fsp3) is 0.304. The molecule has 1 N–H and O–H groups in total. The molecule has 1 aromatic heterocycles. The van der Waals surface area contributed by atoms with E-state index in [1.165, 1.54) is 11.1 Å². The molecular weight excluding hydrogens is 382 g/mol. The molecule has 2 aromatic carbocycles. The fourth-order valence-electron chi connectivity index (χ4n) is 3.99. The molecule has 0 spiro atoms. The Labute approximate surface area is 176 Å². The highest BCUT2D eigenvalue weighted by Crippen LogP contribution is 2.30. The Morgan fingerprint density at radius 3 is 2.86 bits per heavy atom. The van der Waals surface area contributed by atoms with E-state index in [-0.39, 0.29) is 0 Å². The zero-order valence-corrected chi connectivity index (χ0v) is 17.2. The van der Waals surface area contributed by atoms with Crippen molar-refractivity contribution in [3.63, 3.8) is 0 Å². The number of aromatic amines is 1. The average Bonchev–Trinajstić information content (AvgIpc) is 3.40. The van der Waals surface area contributed by atoms with Crippen LogP contribution in [-0.2, 0) is 13.1 Å². The number of nitrogens with zero attached hydrogens (tertiary/aromatic N) is 4. The maximum absolute atomic E-state index is 9.22. The molecule has 29 heavy (non-hydrogen) atoms. The number of halogens is 1. The van der Waals surface area contributed by atoms with Crippen molar-refractivity contribution in [3.8, 4) is 6.07 Å². The summed E-state index contributed by atoms with van der Waals surface area (Å²) in [5.74, 6) is 0. The Morgan fingerprint density at radius 1 is 1.28 bits per heavy atom. The zero-order valence-electron chi connectivity index (χ0n) is 16.5. The van der Waals surface area contributed by atoms with Gasteiger partial charge in [-0.15, -0.1) is 0 Å². The lowest BCUT2D eigenvalue weighted by Gasteiger charge is -2.32. The van der Waals surface area contributed by atoms with Crippen LogP contribution in [0.25, 0.3) is 0 Å². The maximum atomic E-state index is 9.22. The molecule has 3 aromatic rings. The van der Waals surface area contributed by atoms with Gasteiger partial charge in [-0.25, -0.2) is 0 Å². The van der Waals surface area contributed by atoms with Crippen LogP contribution in [0.2, 0.25) is 5.02 Å². The summed E-state index contributed by atoms with van der Waals surface area (Å²) >= 11 is 6.37. The number of anilines is 1. The van der Waals surface area contributed by atoms with Crippen molar-refractivity contribution < 1.29 is 0 Å². The van der Waals surface area contributed by atoms with E-state index in [2.05, 4.69) is 57.3 Å². The Bertz CT molecular complexity index is 1010. The van der Waals surface area contributed by atoms with E-state index in [9.17, 15) is 5.26 Å². The van der Waals surface area contributed by atoms with E-state index in [1.807, 2.05) is 30.5 Å². The third-order valence-electron chi connectivity index (χ3n) is 5.64. The van der Waals surface area contributed by atoms with Crippen molar-refractivity contribution in [3.05, 3.63) is 82.1 Å². The van der Waals surface area contributed by atoms with Gasteiger partial charge >= 0.3 is 0 Å². The zero-order chi connectivity index (χ0) is 20.2. The first kappa shape index (κ1) is 19.5. The molecule has 4 rings (SSSR count). The summed E-state index contributed by atoms with van der Waals surface area (Å²) in [4.78, 5) is 4.87. The van der Waals surface area contributed by atoms with Gasteiger partial charge in [-0.2, -0.15) is 10.4 Å². The number of hydrogen-bond donors (Lipinski definition) is 1. The van der Waals surface area contributed by atoms with Gasteiger partial charge in [0.15, 0.2) is 0 Å². The number of aromatic nitrogens is 2. The van der Waals surface area contributed by atoms with Crippen molar-refractivity contribution in [2.24, 2.45) is 0 Å². The number of benzene rings is 2. The van der Waals surface area contributed by atoms with E-state index in [1.54, 1.807) is 0 Å². The number of rotatable bonds is 6. The molecule has 0 aliphatic carbocycles. The minimum Gasteiger partial charge on any atom is -0.363 e. The lowest BCUT2D eigenvalue weighted by Crippen LogP contribution is -2.37. The number of nitriles is 1. The van der Waals surface area contributed by atoms with Crippen LogP contribution in [0.3, 0.4) is 0 Å². The van der Waals surface area contributed by atoms with E-state index in [0.717, 1.165) is 44.0 Å². The second kappa shape index (κ2) is 8.69. The third-order valence-corrected chi connectivity index (χ3v) is 5.95. The van der Waals surface area contributed by atoms with Gasteiger partial charge in [0.05, 0.1) is 16.3 Å². The van der Waals surface area contributed by atoms with Gasteiger partial charge in [-0.05, 0) is 48.7 Å². The number of aryl methyl sites for hydroxylation is 1. The van der Waals surface area contributed by atoms with Gasteiger partial charge in [0.1, 0.15) is 6.07 Å². The summed E-state index contributed by atoms with van der Waals surface area (Å²) in [6.45, 7) is 5.82. The van der Waals surface area contributed by atoms with Crippen molar-refractivity contribution in [1.82, 2.24) is 15.1 Å². The first-order chi connectivity index (χ1) is 14.1. The normalized spacial score (nSPS) is 16.7. The van der Waals surface area contributed by atoms with Crippen LogP contribution in [0.1, 0.15) is 28.8 Å². The van der Waals surface area contributed by atoms with Crippen molar-refractivity contribution in [2.75, 3.05) is 18.0 Å². The molecule has 1 aliphatic heterocycles. The SMILES string of the molecule is Cc1ccccc1CN(c1ccc(C#N)c(Cl)c1)[C@H]1CCN(Cc2cc[nH]n2)C1. The first-order valence-electron chi connectivity index (χ1n) is 9.86. The van der Waals surface area contributed by atoms with Gasteiger partial charge in [-0.3, -0.25) is 10.00 Å². The van der Waals surface area contributed by atoms with Gasteiger partial charge in [0.25, 0.3) is 0 Å². The quantitative estimate of drug-likeness (QED) is 0.654. The van der Waals surface area contributed by atoms with Crippen molar-refractivity contribution >= 4 is 17.3 Å². The smallest absolute Gasteiger partial charge is 0.101 e. The van der Waals surface area contributed by atoms with Gasteiger partial charge in [0.2, 0.25) is 0 Å². The summed E-state index contributed by atoms with van der Waals surface area (Å²) in [7, 11) is 0. The standard InChI is InChI=1S/C23H24ClN5/c1-17-4-2-3-5-19(17)14-29(21-7-6-18(13-25)23(24)12-21)22-9-11-28(16-22)15-20-8-10-26-27-20/h2-8,10,12,22H,9,11,14-16H2,1H3,(H,26,27)/t22-/m0/s1. The number of nitrogens with one attached hydrogen (secondary N) is 1. The third kappa shape index (κ3) is 4.45. The highest BCUT2D eigenvalue weighted by atomic mass is 35.5. The highest BCUT2D eigenvalue weighted by molar-refractivity contribution is 6.32. The van der Waals surface area contributed by atoms with E-state index < -0.39 is 0 Å². The van der Waals surface area contributed by atoms with Crippen LogP contribution < -0.4 is 4.90 Å². The lowest BCUT2D eigenvalue weighted by atomic mass is 10.1. The molecule has 0 amide bonds. The van der Waals surface area contributed by atoms with Gasteiger partial charge in [0, 0.05) is 44.1 Å². The number of H-pyrrole nitrogens is 1. The van der Waals surface area contributed by atoms with Crippen molar-refractivity contribution in [2.45, 2.75) is 32.5 Å². The molecule has 1 aliphatic rings. The van der Waals surface area contributed by atoms with Crippen LogP contribution in [-0.4, -0.2) is 34.2 Å². The monoisotopic (exact) mass is 405 g/mol. The summed E-state index contributed by atoms with van der Waals surface area (Å²) in [5.41, 5.74) is 5.22. The highest BCUT2D eigenvalue weighted by Gasteiger charge is 2.29. The molecule has 1 fully saturated rings. The molecule has 1 atom stereocenters. The average molecular weight is 406 g/mol. The Kier molecular flexibility index (Phi) is 5.84. The summed E-state index contributed by atoms with van der Waals surface area (Å²) in [5, 5.41) is 16.9. The minimum absolute atomic E-state index is 0.373. The number of likely N-dealkylation sites (tertiary alicyclic amines) is 1. The molecule has 1 saturated heterocycles. The molecule has 5 nitrogen and oxygen atoms in total. The number of hydrogen-bond acceptors (Lipinski definition) is 4.